The molecule has 0 unspecified atom stereocenters. The minimum Gasteiger partial charge on any atom is -0.367 e. The monoisotopic (exact) mass is 359 g/mol. The molecule has 1 aliphatic carbocycles. The molecule has 1 aliphatic rings. The normalized spacial score (nSPS) is 19.6. The summed E-state index contributed by atoms with van der Waals surface area (Å²) < 4.78 is 87.4. The Balaban J connectivity index is 2.28. The Morgan fingerprint density at radius 1 is 1.22 bits per heavy atom. The van der Waals surface area contributed by atoms with E-state index in [1.54, 1.807) is 0 Å². The van der Waals surface area contributed by atoms with E-state index in [1.165, 1.54) is 0 Å². The first-order valence-corrected chi connectivity index (χ1v) is 8.57. The molecule has 130 valence electrons. The van der Waals surface area contributed by atoms with Crippen molar-refractivity contribution < 1.29 is 30.4 Å². The molecule has 5 nitrogen and oxygen atoms in total. The molecule has 1 saturated carbocycles. The second-order valence-electron chi connectivity index (χ2n) is 5.47. The Morgan fingerprint density at radius 3 is 2.26 bits per heavy atom. The molecule has 0 aliphatic heterocycles. The maximum Gasteiger partial charge on any atom is 0.433 e. The van der Waals surface area contributed by atoms with Crippen molar-refractivity contribution in [2.45, 2.75) is 49.0 Å². The smallest absolute Gasteiger partial charge is 0.367 e. The Hall–Kier alpha value is -1.52. The number of aromatic nitrogens is 2. The van der Waals surface area contributed by atoms with Crippen LogP contribution in [-0.2, 0) is 16.0 Å². The second-order valence-corrected chi connectivity index (χ2v) is 7.37. The lowest BCUT2D eigenvalue weighted by atomic mass is 9.92. The summed E-state index contributed by atoms with van der Waals surface area (Å²) >= 11 is 0. The zero-order valence-corrected chi connectivity index (χ0v) is 12.8. The van der Waals surface area contributed by atoms with Crippen LogP contribution in [0.15, 0.2) is 11.2 Å². The summed E-state index contributed by atoms with van der Waals surface area (Å²) in [4.78, 5) is 6.56. The van der Waals surface area contributed by atoms with Crippen LogP contribution in [0.3, 0.4) is 0 Å². The number of nitrogens with zero attached hydrogens (tertiary/aromatic N) is 2. The van der Waals surface area contributed by atoms with E-state index in [4.69, 9.17) is 0 Å². The van der Waals surface area contributed by atoms with Gasteiger partial charge >= 0.3 is 6.18 Å². The quantitative estimate of drug-likeness (QED) is 0.664. The van der Waals surface area contributed by atoms with Crippen LogP contribution >= 0.6 is 0 Å². The van der Waals surface area contributed by atoms with Gasteiger partial charge in [-0.25, -0.2) is 27.2 Å². The number of rotatable bonds is 3. The third-order valence-corrected chi connectivity index (χ3v) is 4.24. The molecule has 11 heteroatoms. The van der Waals surface area contributed by atoms with Gasteiger partial charge in [-0.05, 0) is 12.8 Å². The Kier molecular flexibility index (Phi) is 4.53. The van der Waals surface area contributed by atoms with Crippen molar-refractivity contribution in [1.82, 2.24) is 9.97 Å². The lowest BCUT2D eigenvalue weighted by Crippen LogP contribution is -2.32. The molecular formula is C12H14F5N3O2S. The highest BCUT2D eigenvalue weighted by Crippen LogP contribution is 2.35. The molecule has 2 rings (SSSR count). The lowest BCUT2D eigenvalue weighted by molar-refractivity contribution is -0.141. The maximum atomic E-state index is 13.1. The molecule has 1 fully saturated rings. The van der Waals surface area contributed by atoms with E-state index in [9.17, 15) is 30.4 Å². The van der Waals surface area contributed by atoms with Crippen molar-refractivity contribution in [3.05, 3.63) is 11.8 Å². The average Bonchev–Trinajstić information content (AvgIpc) is 2.39. The van der Waals surface area contributed by atoms with E-state index in [2.05, 4.69) is 15.3 Å². The fourth-order valence-corrected chi connectivity index (χ4v) is 2.73. The van der Waals surface area contributed by atoms with Gasteiger partial charge in [-0.2, -0.15) is 13.2 Å². The van der Waals surface area contributed by atoms with Crippen LogP contribution in [0.25, 0.3) is 0 Å². The molecule has 0 atom stereocenters. The third kappa shape index (κ3) is 4.72. The fraction of sp³-hybridized carbons (Fsp3) is 0.667. The third-order valence-electron chi connectivity index (χ3n) is 3.40. The molecule has 0 bridgehead atoms. The minimum atomic E-state index is -4.85. The Bertz CT molecular complexity index is 680. The van der Waals surface area contributed by atoms with Crippen molar-refractivity contribution >= 4 is 15.7 Å². The Morgan fingerprint density at radius 2 is 1.78 bits per heavy atom. The zero-order chi connectivity index (χ0) is 17.5. The number of sulfone groups is 1. The minimum absolute atomic E-state index is 0.0482. The predicted octanol–water partition coefficient (Wildman–Crippen LogP) is 2.89. The topological polar surface area (TPSA) is 72.0 Å². The molecule has 0 amide bonds. The predicted molar refractivity (Wildman–Crippen MR) is 71.0 cm³/mol. The van der Waals surface area contributed by atoms with Gasteiger partial charge in [0.25, 0.3) is 0 Å². The summed E-state index contributed by atoms with van der Waals surface area (Å²) in [6.07, 6.45) is -4.84. The molecular weight excluding hydrogens is 345 g/mol. The van der Waals surface area contributed by atoms with E-state index in [-0.39, 0.29) is 31.5 Å². The van der Waals surface area contributed by atoms with Crippen LogP contribution in [0.1, 0.15) is 31.4 Å². The maximum absolute atomic E-state index is 13.1. The molecule has 0 aromatic carbocycles. The van der Waals surface area contributed by atoms with Crippen LogP contribution in [0.2, 0.25) is 0 Å². The number of alkyl halides is 5. The summed E-state index contributed by atoms with van der Waals surface area (Å²) in [7, 11) is -4.05. The van der Waals surface area contributed by atoms with Gasteiger partial charge in [0.15, 0.2) is 5.69 Å². The highest BCUT2D eigenvalue weighted by atomic mass is 32.2. The van der Waals surface area contributed by atoms with Gasteiger partial charge in [-0.3, -0.25) is 0 Å². The number of hydrogen-bond acceptors (Lipinski definition) is 5. The van der Waals surface area contributed by atoms with E-state index in [1.807, 2.05) is 0 Å². The van der Waals surface area contributed by atoms with E-state index in [0.717, 1.165) is 0 Å². The summed E-state index contributed by atoms with van der Waals surface area (Å²) in [5.41, 5.74) is -1.41. The van der Waals surface area contributed by atoms with E-state index >= 15 is 0 Å². The highest BCUT2D eigenvalue weighted by molar-refractivity contribution is 7.90. The van der Waals surface area contributed by atoms with Crippen molar-refractivity contribution in [2.24, 2.45) is 0 Å². The lowest BCUT2D eigenvalue weighted by Gasteiger charge is -2.29. The summed E-state index contributed by atoms with van der Waals surface area (Å²) in [6, 6.07) is 0.0690. The van der Waals surface area contributed by atoms with E-state index < -0.39 is 38.8 Å². The molecule has 1 aromatic heterocycles. The van der Waals surface area contributed by atoms with Crippen molar-refractivity contribution in [3.8, 4) is 0 Å². The van der Waals surface area contributed by atoms with Crippen LogP contribution in [-0.4, -0.2) is 36.6 Å². The number of halogens is 5. The summed E-state index contributed by atoms with van der Waals surface area (Å²) in [5.74, 6) is -3.12. The average molecular weight is 359 g/mol. The van der Waals surface area contributed by atoms with Gasteiger partial charge in [-0.15, -0.1) is 0 Å². The summed E-state index contributed by atoms with van der Waals surface area (Å²) in [6.45, 7) is 0. The van der Waals surface area contributed by atoms with Crippen LogP contribution in [0.4, 0.5) is 27.8 Å². The first-order chi connectivity index (χ1) is 10.4. The number of nitrogens with one attached hydrogen (secondary N) is 1. The van der Waals surface area contributed by atoms with Crippen molar-refractivity contribution in [2.75, 3.05) is 11.6 Å². The molecule has 1 N–H and O–H groups in total. The van der Waals surface area contributed by atoms with Gasteiger partial charge in [-0.1, -0.05) is 0 Å². The van der Waals surface area contributed by atoms with Crippen molar-refractivity contribution in [1.29, 1.82) is 0 Å². The number of hydrogen-bond donors (Lipinski definition) is 1. The van der Waals surface area contributed by atoms with Gasteiger partial charge in [0.2, 0.25) is 20.9 Å². The van der Waals surface area contributed by atoms with Crippen LogP contribution in [0.5, 0.6) is 0 Å². The van der Waals surface area contributed by atoms with Crippen LogP contribution < -0.4 is 5.32 Å². The van der Waals surface area contributed by atoms with Gasteiger partial charge in [0.05, 0.1) is 0 Å². The molecule has 0 saturated heterocycles. The van der Waals surface area contributed by atoms with Crippen LogP contribution in [0, 0.1) is 0 Å². The van der Waals surface area contributed by atoms with E-state index in [0.29, 0.717) is 12.3 Å². The Labute approximate surface area is 129 Å². The fourth-order valence-electron chi connectivity index (χ4n) is 2.20. The first kappa shape index (κ1) is 17.8. The largest absolute Gasteiger partial charge is 0.433 e. The van der Waals surface area contributed by atoms with Crippen molar-refractivity contribution in [3.63, 3.8) is 0 Å². The van der Waals surface area contributed by atoms with Gasteiger partial charge < -0.3 is 5.32 Å². The SMILES string of the molecule is CS(=O)(=O)c1nc(NC2CCC(F)(F)CC2)cc(C(F)(F)F)n1. The molecule has 1 heterocycles. The standard InChI is InChI=1S/C12H14F5N3O2S/c1-23(21,22)10-19-8(12(15,16)17)6-9(20-10)18-7-2-4-11(13,14)5-3-7/h6-7H,2-5H2,1H3,(H,18,19,20). The van der Waals surface area contributed by atoms with Gasteiger partial charge in [0.1, 0.15) is 5.82 Å². The second kappa shape index (κ2) is 5.84. The molecule has 0 radical (unpaired) electrons. The molecule has 0 spiro atoms. The van der Waals surface area contributed by atoms with Gasteiger partial charge in [0, 0.05) is 31.2 Å². The first-order valence-electron chi connectivity index (χ1n) is 6.67. The molecule has 23 heavy (non-hydrogen) atoms. The number of anilines is 1. The molecule has 1 aromatic rings. The summed E-state index contributed by atoms with van der Waals surface area (Å²) in [5, 5.41) is 1.63. The zero-order valence-electron chi connectivity index (χ0n) is 12.0. The highest BCUT2D eigenvalue weighted by Gasteiger charge is 2.37.